The zero-order valence-electron chi connectivity index (χ0n) is 16.4. The zero-order valence-corrected chi connectivity index (χ0v) is 16.4. The third-order valence-electron chi connectivity index (χ3n) is 5.71. The Labute approximate surface area is 165 Å². The molecule has 0 spiro atoms. The molecule has 0 bridgehead atoms. The molecule has 0 radical (unpaired) electrons. The van der Waals surface area contributed by atoms with Gasteiger partial charge in [-0.15, -0.1) is 0 Å². The van der Waals surface area contributed by atoms with Crippen molar-refractivity contribution >= 4 is 16.6 Å². The van der Waals surface area contributed by atoms with Crippen LogP contribution in [0.15, 0.2) is 42.9 Å². The largest absolute Gasteiger partial charge is 0.370 e. The maximum absolute atomic E-state index is 12.3. The second-order valence-corrected chi connectivity index (χ2v) is 7.78. The summed E-state index contributed by atoms with van der Waals surface area (Å²) in [6.07, 6.45) is 10.5. The summed E-state index contributed by atoms with van der Waals surface area (Å²) < 4.78 is 14.1. The molecule has 1 aliphatic rings. The first-order chi connectivity index (χ1) is 13.7. The molecule has 2 N–H and O–H groups in total. The standard InChI is InChI=1S/C22H28FN5/c1-28-15-20(14-27-28)17-4-5-18-13-26-22(11-19(18)10-17)25-12-16-2-6-21(7-3-16)24-9-8-23/h4-5,10-11,13-16,21,24H,2-3,6-9,12H2,1H3,(H,25,26). The number of aromatic nitrogens is 3. The summed E-state index contributed by atoms with van der Waals surface area (Å²) in [4.78, 5) is 4.57. The van der Waals surface area contributed by atoms with Gasteiger partial charge >= 0.3 is 0 Å². The third kappa shape index (κ3) is 4.50. The van der Waals surface area contributed by atoms with E-state index in [0.29, 0.717) is 18.5 Å². The fourth-order valence-corrected chi connectivity index (χ4v) is 4.07. The van der Waals surface area contributed by atoms with Gasteiger partial charge < -0.3 is 10.6 Å². The zero-order chi connectivity index (χ0) is 19.3. The number of rotatable bonds is 7. The van der Waals surface area contributed by atoms with Crippen molar-refractivity contribution in [3.8, 4) is 11.1 Å². The molecule has 1 saturated carbocycles. The topological polar surface area (TPSA) is 54.8 Å². The molecular weight excluding hydrogens is 353 g/mol. The van der Waals surface area contributed by atoms with Crippen LogP contribution in [0.25, 0.3) is 21.9 Å². The van der Waals surface area contributed by atoms with Crippen LogP contribution in [0.4, 0.5) is 10.2 Å². The fraction of sp³-hybridized carbons (Fsp3) is 0.455. The first kappa shape index (κ1) is 18.9. The summed E-state index contributed by atoms with van der Waals surface area (Å²) in [6, 6.07) is 9.03. The number of benzene rings is 1. The van der Waals surface area contributed by atoms with Crippen LogP contribution >= 0.6 is 0 Å². The van der Waals surface area contributed by atoms with E-state index < -0.39 is 0 Å². The highest BCUT2D eigenvalue weighted by molar-refractivity contribution is 5.88. The van der Waals surface area contributed by atoms with E-state index in [1.54, 1.807) is 0 Å². The van der Waals surface area contributed by atoms with Gasteiger partial charge in [0.25, 0.3) is 0 Å². The summed E-state index contributed by atoms with van der Waals surface area (Å²) in [6.45, 7) is 1.14. The van der Waals surface area contributed by atoms with Crippen LogP contribution in [0.1, 0.15) is 25.7 Å². The van der Waals surface area contributed by atoms with Crippen LogP contribution in [-0.4, -0.2) is 40.6 Å². The number of hydrogen-bond donors (Lipinski definition) is 2. The summed E-state index contributed by atoms with van der Waals surface area (Å²) in [5.41, 5.74) is 2.28. The van der Waals surface area contributed by atoms with Crippen molar-refractivity contribution in [3.63, 3.8) is 0 Å². The van der Waals surface area contributed by atoms with E-state index in [0.717, 1.165) is 41.7 Å². The SMILES string of the molecule is Cn1cc(-c2ccc3cnc(NCC4CCC(NCCF)CC4)cc3c2)cn1. The summed E-state index contributed by atoms with van der Waals surface area (Å²) in [5, 5.41) is 13.4. The van der Waals surface area contributed by atoms with Gasteiger partial charge in [0.15, 0.2) is 0 Å². The van der Waals surface area contributed by atoms with Gasteiger partial charge in [-0.1, -0.05) is 12.1 Å². The van der Waals surface area contributed by atoms with Crippen molar-refractivity contribution in [2.24, 2.45) is 13.0 Å². The van der Waals surface area contributed by atoms with Crippen LogP contribution in [0.3, 0.4) is 0 Å². The van der Waals surface area contributed by atoms with Crippen LogP contribution in [0.2, 0.25) is 0 Å². The lowest BCUT2D eigenvalue weighted by Crippen LogP contribution is -2.35. The van der Waals surface area contributed by atoms with Gasteiger partial charge in [0, 0.05) is 49.5 Å². The average Bonchev–Trinajstić information content (AvgIpc) is 3.17. The van der Waals surface area contributed by atoms with Crippen molar-refractivity contribution in [1.82, 2.24) is 20.1 Å². The molecule has 2 heterocycles. The fourth-order valence-electron chi connectivity index (χ4n) is 4.07. The summed E-state index contributed by atoms with van der Waals surface area (Å²) in [5.74, 6) is 1.58. The van der Waals surface area contributed by atoms with Crippen molar-refractivity contribution in [3.05, 3.63) is 42.9 Å². The number of anilines is 1. The first-order valence-electron chi connectivity index (χ1n) is 10.1. The summed E-state index contributed by atoms with van der Waals surface area (Å²) >= 11 is 0. The Hall–Kier alpha value is -2.47. The Kier molecular flexibility index (Phi) is 5.86. The van der Waals surface area contributed by atoms with E-state index in [1.165, 1.54) is 18.2 Å². The monoisotopic (exact) mass is 381 g/mol. The minimum absolute atomic E-state index is 0.280. The molecule has 6 heteroatoms. The van der Waals surface area contributed by atoms with Gasteiger partial charge in [0.2, 0.25) is 0 Å². The van der Waals surface area contributed by atoms with Crippen molar-refractivity contribution < 1.29 is 4.39 Å². The average molecular weight is 381 g/mol. The molecule has 5 nitrogen and oxygen atoms in total. The highest BCUT2D eigenvalue weighted by Gasteiger charge is 2.20. The molecular formula is C22H28FN5. The lowest BCUT2D eigenvalue weighted by Gasteiger charge is -2.29. The molecule has 148 valence electrons. The number of nitrogens with one attached hydrogen (secondary N) is 2. The maximum atomic E-state index is 12.3. The number of hydrogen-bond acceptors (Lipinski definition) is 4. The first-order valence-corrected chi connectivity index (χ1v) is 10.1. The molecule has 0 saturated heterocycles. The minimum atomic E-state index is -0.280. The quantitative estimate of drug-likeness (QED) is 0.645. The van der Waals surface area contributed by atoms with E-state index in [-0.39, 0.29) is 6.67 Å². The molecule has 2 aromatic heterocycles. The number of halogens is 1. The van der Waals surface area contributed by atoms with E-state index in [2.05, 4.69) is 45.0 Å². The Balaban J connectivity index is 1.38. The highest BCUT2D eigenvalue weighted by Crippen LogP contribution is 2.27. The Morgan fingerprint density at radius 3 is 2.68 bits per heavy atom. The van der Waals surface area contributed by atoms with Crippen LogP contribution < -0.4 is 10.6 Å². The number of pyridine rings is 1. The predicted octanol–water partition coefficient (Wildman–Crippen LogP) is 4.17. The van der Waals surface area contributed by atoms with Gasteiger partial charge in [-0.05, 0) is 54.7 Å². The molecule has 0 amide bonds. The molecule has 0 aliphatic heterocycles. The molecule has 4 rings (SSSR count). The maximum Gasteiger partial charge on any atom is 0.126 e. The number of fused-ring (bicyclic) bond motifs is 1. The number of aryl methyl sites for hydroxylation is 1. The van der Waals surface area contributed by atoms with Gasteiger partial charge in [-0.3, -0.25) is 4.68 Å². The predicted molar refractivity (Wildman–Crippen MR) is 112 cm³/mol. The van der Waals surface area contributed by atoms with Crippen molar-refractivity contribution in [1.29, 1.82) is 0 Å². The van der Waals surface area contributed by atoms with E-state index in [4.69, 9.17) is 0 Å². The second-order valence-electron chi connectivity index (χ2n) is 7.78. The molecule has 3 aromatic rings. The highest BCUT2D eigenvalue weighted by atomic mass is 19.1. The van der Waals surface area contributed by atoms with Crippen LogP contribution in [0, 0.1) is 5.92 Å². The molecule has 1 aliphatic carbocycles. The van der Waals surface area contributed by atoms with Crippen molar-refractivity contribution in [2.45, 2.75) is 31.7 Å². The molecule has 1 aromatic carbocycles. The Bertz CT molecular complexity index is 914. The molecule has 1 fully saturated rings. The third-order valence-corrected chi connectivity index (χ3v) is 5.71. The second kappa shape index (κ2) is 8.69. The van der Waals surface area contributed by atoms with Gasteiger partial charge in [-0.2, -0.15) is 5.10 Å². The molecule has 28 heavy (non-hydrogen) atoms. The molecule has 0 unspecified atom stereocenters. The van der Waals surface area contributed by atoms with Gasteiger partial charge in [-0.25, -0.2) is 9.37 Å². The van der Waals surface area contributed by atoms with Crippen molar-refractivity contribution in [2.75, 3.05) is 25.1 Å². The lowest BCUT2D eigenvalue weighted by atomic mass is 9.86. The smallest absolute Gasteiger partial charge is 0.126 e. The van der Waals surface area contributed by atoms with Crippen LogP contribution in [-0.2, 0) is 7.05 Å². The van der Waals surface area contributed by atoms with E-state index >= 15 is 0 Å². The normalized spacial score (nSPS) is 19.8. The molecule has 0 atom stereocenters. The van der Waals surface area contributed by atoms with E-state index in [9.17, 15) is 4.39 Å². The van der Waals surface area contributed by atoms with Gasteiger partial charge in [0.1, 0.15) is 12.5 Å². The minimum Gasteiger partial charge on any atom is -0.370 e. The Morgan fingerprint density at radius 1 is 1.07 bits per heavy atom. The van der Waals surface area contributed by atoms with Crippen LogP contribution in [0.5, 0.6) is 0 Å². The Morgan fingerprint density at radius 2 is 1.93 bits per heavy atom. The van der Waals surface area contributed by atoms with Gasteiger partial charge in [0.05, 0.1) is 6.20 Å². The lowest BCUT2D eigenvalue weighted by molar-refractivity contribution is 0.294. The summed E-state index contributed by atoms with van der Waals surface area (Å²) in [7, 11) is 1.93. The van der Waals surface area contributed by atoms with E-state index in [1.807, 2.05) is 30.3 Å². The number of alkyl halides is 1. The number of nitrogens with zero attached hydrogens (tertiary/aromatic N) is 3.